The number of hydrogen-bond acceptors (Lipinski definition) is 6. The number of thioether (sulfide) groups is 1. The predicted molar refractivity (Wildman–Crippen MR) is 125 cm³/mol. The topological polar surface area (TPSA) is 88.1 Å². The lowest BCUT2D eigenvalue weighted by molar-refractivity contribution is -0.131. The Kier molecular flexibility index (Phi) is 6.86. The second-order valence-electron chi connectivity index (χ2n) is 8.40. The Morgan fingerprint density at radius 2 is 1.90 bits per heavy atom. The van der Waals surface area contributed by atoms with E-state index in [-0.39, 0.29) is 11.5 Å². The summed E-state index contributed by atoms with van der Waals surface area (Å²) < 4.78 is 2.06. The molecule has 1 amide bonds. The van der Waals surface area contributed by atoms with Gasteiger partial charge in [0.25, 0.3) is 0 Å². The van der Waals surface area contributed by atoms with Crippen molar-refractivity contribution in [3.8, 4) is 5.69 Å². The number of benzene rings is 1. The van der Waals surface area contributed by atoms with E-state index in [2.05, 4.69) is 57.1 Å². The van der Waals surface area contributed by atoms with Crippen LogP contribution in [0.4, 0.5) is 5.82 Å². The van der Waals surface area contributed by atoms with Crippen LogP contribution >= 0.6 is 11.8 Å². The standard InChI is InChI=1S/C22H30N6OS.H2O/c1-17-13-21(28(24-17)18-5-3-2-4-6-18)26-9-7-25(8-10-26)19-14-20(23-15-19)22(29)27-11-12-30-16-27;/h2-6,13,19-20,23H,7-12,14-16H2,1H3;1H2/t19-,20-;/m0./s1. The predicted octanol–water partition coefficient (Wildman–Crippen LogP) is 0.741. The molecule has 0 unspecified atom stereocenters. The van der Waals surface area contributed by atoms with E-state index in [1.807, 2.05) is 22.7 Å². The zero-order valence-electron chi connectivity index (χ0n) is 18.0. The van der Waals surface area contributed by atoms with Gasteiger partial charge in [0.2, 0.25) is 5.91 Å². The Morgan fingerprint density at radius 3 is 2.61 bits per heavy atom. The number of piperazine rings is 1. The second kappa shape index (κ2) is 9.60. The van der Waals surface area contributed by atoms with Gasteiger partial charge in [0.15, 0.2) is 0 Å². The van der Waals surface area contributed by atoms with Gasteiger partial charge in [-0.2, -0.15) is 5.10 Å². The van der Waals surface area contributed by atoms with Crippen molar-refractivity contribution in [2.75, 3.05) is 55.8 Å². The fraction of sp³-hybridized carbons (Fsp3) is 0.545. The number of rotatable bonds is 4. The van der Waals surface area contributed by atoms with E-state index in [0.29, 0.717) is 11.9 Å². The maximum absolute atomic E-state index is 12.7. The molecule has 8 nitrogen and oxygen atoms in total. The number of aryl methyl sites for hydroxylation is 1. The van der Waals surface area contributed by atoms with Gasteiger partial charge in [-0.15, -0.1) is 11.8 Å². The van der Waals surface area contributed by atoms with Crippen molar-refractivity contribution in [2.45, 2.75) is 25.4 Å². The Balaban J connectivity index is 0.00000231. The molecular weight excluding hydrogens is 412 g/mol. The van der Waals surface area contributed by atoms with Crippen LogP contribution in [0.2, 0.25) is 0 Å². The zero-order valence-corrected chi connectivity index (χ0v) is 18.9. The summed E-state index contributed by atoms with van der Waals surface area (Å²) in [5.41, 5.74) is 2.14. The highest BCUT2D eigenvalue weighted by atomic mass is 32.2. The van der Waals surface area contributed by atoms with Crippen LogP contribution < -0.4 is 10.2 Å². The van der Waals surface area contributed by atoms with Crippen LogP contribution in [0.1, 0.15) is 12.1 Å². The summed E-state index contributed by atoms with van der Waals surface area (Å²) >= 11 is 1.85. The molecule has 31 heavy (non-hydrogen) atoms. The highest BCUT2D eigenvalue weighted by Crippen LogP contribution is 2.25. The molecule has 3 N–H and O–H groups in total. The van der Waals surface area contributed by atoms with Crippen LogP contribution in [0.5, 0.6) is 0 Å². The average Bonchev–Trinajstić information content (AvgIpc) is 3.55. The molecule has 0 bridgehead atoms. The zero-order chi connectivity index (χ0) is 20.5. The first kappa shape index (κ1) is 22.1. The van der Waals surface area contributed by atoms with E-state index in [4.69, 9.17) is 5.10 Å². The number of carbonyl (C=O) groups excluding carboxylic acids is 1. The summed E-state index contributed by atoms with van der Waals surface area (Å²) in [5, 5.41) is 8.21. The number of nitrogens with zero attached hydrogens (tertiary/aromatic N) is 5. The third kappa shape index (κ3) is 4.59. The third-order valence-corrected chi connectivity index (χ3v) is 7.40. The second-order valence-corrected chi connectivity index (χ2v) is 9.48. The van der Waals surface area contributed by atoms with Crippen LogP contribution in [0.15, 0.2) is 36.4 Å². The molecular formula is C22H32N6O2S. The van der Waals surface area contributed by atoms with E-state index in [1.54, 1.807) is 0 Å². The van der Waals surface area contributed by atoms with Gasteiger partial charge in [-0.05, 0) is 25.5 Å². The molecule has 0 spiro atoms. The summed E-state index contributed by atoms with van der Waals surface area (Å²) in [6.07, 6.45) is 0.932. The van der Waals surface area contributed by atoms with E-state index < -0.39 is 0 Å². The maximum atomic E-state index is 12.7. The van der Waals surface area contributed by atoms with Gasteiger partial charge in [0.05, 0.1) is 23.3 Å². The molecule has 1 aromatic carbocycles. The number of anilines is 1. The molecule has 9 heteroatoms. The molecule has 3 aliphatic rings. The van der Waals surface area contributed by atoms with Gasteiger partial charge in [-0.1, -0.05) is 18.2 Å². The van der Waals surface area contributed by atoms with Gasteiger partial charge in [0.1, 0.15) is 5.82 Å². The number of nitrogens with one attached hydrogen (secondary N) is 1. The average molecular weight is 445 g/mol. The minimum atomic E-state index is -0.00566. The number of aromatic nitrogens is 2. The SMILES string of the molecule is Cc1cc(N2CCN([C@@H]3CN[C@H](C(=O)N4CCSC4)C3)CC2)n(-c2ccccc2)n1.O. The Hall–Kier alpha value is -2.07. The van der Waals surface area contributed by atoms with Crippen LogP contribution in [-0.2, 0) is 4.79 Å². The lowest BCUT2D eigenvalue weighted by Crippen LogP contribution is -2.51. The molecule has 168 valence electrons. The summed E-state index contributed by atoms with van der Waals surface area (Å²) in [7, 11) is 0. The number of hydrogen-bond donors (Lipinski definition) is 1. The molecule has 0 aliphatic carbocycles. The van der Waals surface area contributed by atoms with Gasteiger partial charge in [-0.25, -0.2) is 4.68 Å². The fourth-order valence-corrected chi connectivity index (χ4v) is 5.73. The van der Waals surface area contributed by atoms with Crippen molar-refractivity contribution in [1.29, 1.82) is 0 Å². The first-order valence-corrected chi connectivity index (χ1v) is 12.1. The highest BCUT2D eigenvalue weighted by Gasteiger charge is 2.36. The lowest BCUT2D eigenvalue weighted by Gasteiger charge is -2.38. The molecule has 5 rings (SSSR count). The summed E-state index contributed by atoms with van der Waals surface area (Å²) in [6.45, 7) is 7.88. The monoisotopic (exact) mass is 444 g/mol. The molecule has 3 fully saturated rings. The van der Waals surface area contributed by atoms with Crippen LogP contribution in [0.3, 0.4) is 0 Å². The third-order valence-electron chi connectivity index (χ3n) is 6.44. The maximum Gasteiger partial charge on any atom is 0.240 e. The summed E-state index contributed by atoms with van der Waals surface area (Å²) in [5.74, 6) is 3.39. The van der Waals surface area contributed by atoms with Crippen molar-refractivity contribution < 1.29 is 10.3 Å². The molecule has 3 saturated heterocycles. The summed E-state index contributed by atoms with van der Waals surface area (Å²) in [4.78, 5) is 19.7. The van der Waals surface area contributed by atoms with Crippen molar-refractivity contribution in [2.24, 2.45) is 0 Å². The van der Waals surface area contributed by atoms with Gasteiger partial charge >= 0.3 is 0 Å². The Morgan fingerprint density at radius 1 is 1.13 bits per heavy atom. The Bertz CT molecular complexity index is 877. The van der Waals surface area contributed by atoms with E-state index >= 15 is 0 Å². The van der Waals surface area contributed by atoms with Crippen molar-refractivity contribution >= 4 is 23.5 Å². The molecule has 2 aromatic rings. The van der Waals surface area contributed by atoms with E-state index in [0.717, 1.165) is 68.7 Å². The van der Waals surface area contributed by atoms with Crippen molar-refractivity contribution in [3.05, 3.63) is 42.1 Å². The molecule has 0 radical (unpaired) electrons. The minimum absolute atomic E-state index is 0. The normalized spacial score (nSPS) is 24.4. The van der Waals surface area contributed by atoms with Crippen molar-refractivity contribution in [1.82, 2.24) is 24.9 Å². The Labute approximate surface area is 187 Å². The van der Waals surface area contributed by atoms with Crippen LogP contribution in [0, 0.1) is 6.92 Å². The molecule has 4 heterocycles. The van der Waals surface area contributed by atoms with E-state index in [9.17, 15) is 4.79 Å². The number of amides is 1. The lowest BCUT2D eigenvalue weighted by atomic mass is 10.1. The number of carbonyl (C=O) groups is 1. The minimum Gasteiger partial charge on any atom is -0.412 e. The van der Waals surface area contributed by atoms with E-state index in [1.165, 1.54) is 5.82 Å². The smallest absolute Gasteiger partial charge is 0.240 e. The fourth-order valence-electron chi connectivity index (χ4n) is 4.78. The van der Waals surface area contributed by atoms with Gasteiger partial charge in [-0.3, -0.25) is 9.69 Å². The number of para-hydroxylation sites is 1. The first-order chi connectivity index (χ1) is 14.7. The van der Waals surface area contributed by atoms with Crippen LogP contribution in [-0.4, -0.2) is 93.9 Å². The van der Waals surface area contributed by atoms with Gasteiger partial charge in [0, 0.05) is 57.1 Å². The summed E-state index contributed by atoms with van der Waals surface area (Å²) in [6, 6.07) is 13.0. The molecule has 1 aromatic heterocycles. The molecule has 3 aliphatic heterocycles. The van der Waals surface area contributed by atoms with Crippen molar-refractivity contribution in [3.63, 3.8) is 0 Å². The highest BCUT2D eigenvalue weighted by molar-refractivity contribution is 7.99. The first-order valence-electron chi connectivity index (χ1n) is 10.9. The molecule has 2 atom stereocenters. The largest absolute Gasteiger partial charge is 0.412 e. The quantitative estimate of drug-likeness (QED) is 0.749. The van der Waals surface area contributed by atoms with Crippen LogP contribution in [0.25, 0.3) is 5.69 Å². The van der Waals surface area contributed by atoms with Gasteiger partial charge < -0.3 is 20.6 Å². The molecule has 0 saturated carbocycles.